The van der Waals surface area contributed by atoms with E-state index >= 15 is 0 Å². The molecule has 0 amide bonds. The van der Waals surface area contributed by atoms with Crippen LogP contribution < -0.4 is 15.5 Å². The summed E-state index contributed by atoms with van der Waals surface area (Å²) in [6.45, 7) is 9.00. The van der Waals surface area contributed by atoms with Gasteiger partial charge in [-0.3, -0.25) is 0 Å². The fourth-order valence-electron chi connectivity index (χ4n) is 4.61. The van der Waals surface area contributed by atoms with Crippen molar-refractivity contribution in [1.29, 1.82) is 0 Å². The predicted molar refractivity (Wildman–Crippen MR) is 126 cm³/mol. The Morgan fingerprint density at radius 3 is 2.48 bits per heavy atom. The third kappa shape index (κ3) is 4.52. The molecule has 1 saturated heterocycles. The summed E-state index contributed by atoms with van der Waals surface area (Å²) in [4.78, 5) is 2.24. The molecule has 4 rings (SSSR count). The molecule has 1 aromatic carbocycles. The van der Waals surface area contributed by atoms with Gasteiger partial charge in [-0.05, 0) is 52.7 Å². The van der Waals surface area contributed by atoms with Crippen molar-refractivity contribution in [3.05, 3.63) is 30.5 Å². The Bertz CT molecular complexity index is 1060. The third-order valence-electron chi connectivity index (χ3n) is 5.75. The van der Waals surface area contributed by atoms with Gasteiger partial charge in [0.05, 0.1) is 11.3 Å². The van der Waals surface area contributed by atoms with Crippen LogP contribution in [0.3, 0.4) is 0 Å². The monoisotopic (exact) mass is 441 g/mol. The Hall–Kier alpha value is -2.65. The Morgan fingerprint density at radius 1 is 1.16 bits per heavy atom. The Kier molecular flexibility index (Phi) is 5.43. The lowest BCUT2D eigenvalue weighted by atomic mass is 9.79. The first-order chi connectivity index (χ1) is 14.6. The number of piperidine rings is 1. The maximum Gasteiger partial charge on any atom is 0.208 e. The van der Waals surface area contributed by atoms with E-state index in [1.807, 2.05) is 31.4 Å². The second-order valence-corrected chi connectivity index (χ2v) is 10.5. The highest BCUT2D eigenvalue weighted by molar-refractivity contribution is 7.18. The summed E-state index contributed by atoms with van der Waals surface area (Å²) in [6, 6.07) is 7.73. The molecule has 31 heavy (non-hydrogen) atoms. The first-order valence-electron chi connectivity index (χ1n) is 10.5. The largest absolute Gasteiger partial charge is 0.507 e. The lowest BCUT2D eigenvalue weighted by Gasteiger charge is -2.48. The minimum atomic E-state index is 0.0575. The first-order valence-corrected chi connectivity index (χ1v) is 11.3. The zero-order chi connectivity index (χ0) is 22.4. The third-order valence-corrected chi connectivity index (χ3v) is 6.80. The Labute approximate surface area is 187 Å². The van der Waals surface area contributed by atoms with Crippen molar-refractivity contribution in [3.8, 4) is 22.0 Å². The summed E-state index contributed by atoms with van der Waals surface area (Å²) in [5, 5.41) is 32.2. The van der Waals surface area contributed by atoms with E-state index in [1.54, 1.807) is 10.7 Å². The molecule has 0 unspecified atom stereocenters. The number of phenols is 1. The predicted octanol–water partition coefficient (Wildman–Crippen LogP) is 3.88. The van der Waals surface area contributed by atoms with Gasteiger partial charge in [0, 0.05) is 49.5 Å². The maximum absolute atomic E-state index is 10.7. The van der Waals surface area contributed by atoms with Crippen molar-refractivity contribution in [1.82, 2.24) is 25.3 Å². The molecule has 9 heteroatoms. The Balaban J connectivity index is 1.56. The molecule has 1 fully saturated rings. The van der Waals surface area contributed by atoms with Gasteiger partial charge in [-0.25, -0.2) is 4.68 Å². The molecule has 2 aromatic heterocycles. The molecule has 0 atom stereocenters. The van der Waals surface area contributed by atoms with Crippen molar-refractivity contribution in [2.75, 3.05) is 24.3 Å². The molecule has 0 aliphatic carbocycles. The molecule has 3 heterocycles. The lowest BCUT2D eigenvalue weighted by Crippen LogP contribution is -2.61. The van der Waals surface area contributed by atoms with E-state index in [4.69, 9.17) is 0 Å². The molecule has 3 N–H and O–H groups in total. The van der Waals surface area contributed by atoms with Crippen LogP contribution in [0.15, 0.2) is 30.5 Å². The minimum absolute atomic E-state index is 0.0575. The van der Waals surface area contributed by atoms with E-state index in [0.29, 0.717) is 16.6 Å². The van der Waals surface area contributed by atoms with Gasteiger partial charge < -0.3 is 20.6 Å². The average molecular weight is 442 g/mol. The SMILES string of the molecule is CNc1ccn(-c2ccc(-c3nnc(N(C)C4CC(C)(C)NC(C)(C)C4)s3)c(O)c2)n1. The minimum Gasteiger partial charge on any atom is -0.507 e. The molecular formula is C22H31N7OS. The van der Waals surface area contributed by atoms with E-state index in [0.717, 1.165) is 29.5 Å². The number of nitrogens with zero attached hydrogens (tertiary/aromatic N) is 5. The summed E-state index contributed by atoms with van der Waals surface area (Å²) in [7, 11) is 3.91. The molecule has 0 saturated carbocycles. The summed E-state index contributed by atoms with van der Waals surface area (Å²) in [5.74, 6) is 0.929. The Morgan fingerprint density at radius 2 is 1.87 bits per heavy atom. The van der Waals surface area contributed by atoms with Gasteiger partial charge in [-0.2, -0.15) is 5.10 Å². The van der Waals surface area contributed by atoms with Crippen molar-refractivity contribution < 1.29 is 5.11 Å². The van der Waals surface area contributed by atoms with Gasteiger partial charge >= 0.3 is 0 Å². The first kappa shape index (κ1) is 21.6. The van der Waals surface area contributed by atoms with Crippen LogP contribution in [0, 0.1) is 0 Å². The molecule has 166 valence electrons. The molecule has 1 aliphatic heterocycles. The molecule has 0 radical (unpaired) electrons. The summed E-state index contributed by atoms with van der Waals surface area (Å²) in [5.41, 5.74) is 1.57. The van der Waals surface area contributed by atoms with Gasteiger partial charge in [0.2, 0.25) is 5.13 Å². The standard InChI is InChI=1S/C22H31N7OS/c1-21(2)12-15(13-22(3,4)27-21)28(6)20-25-24-19(31-20)16-8-7-14(11-17(16)30)29-10-9-18(23-5)26-29/h7-11,15,27,30H,12-13H2,1-6H3,(H,23,26). The van der Waals surface area contributed by atoms with Crippen LogP contribution in [0.1, 0.15) is 40.5 Å². The molecule has 8 nitrogen and oxygen atoms in total. The number of benzene rings is 1. The van der Waals surface area contributed by atoms with E-state index in [9.17, 15) is 5.11 Å². The summed E-state index contributed by atoms with van der Waals surface area (Å²) < 4.78 is 1.72. The maximum atomic E-state index is 10.7. The number of aromatic nitrogens is 4. The molecule has 3 aromatic rings. The lowest BCUT2D eigenvalue weighted by molar-refractivity contribution is 0.161. The van der Waals surface area contributed by atoms with Crippen molar-refractivity contribution in [2.45, 2.75) is 57.7 Å². The van der Waals surface area contributed by atoms with Crippen LogP contribution in [0.4, 0.5) is 10.9 Å². The summed E-state index contributed by atoms with van der Waals surface area (Å²) >= 11 is 1.50. The van der Waals surface area contributed by atoms with Crippen molar-refractivity contribution >= 4 is 22.3 Å². The number of rotatable bonds is 5. The fourth-order valence-corrected chi connectivity index (χ4v) is 5.52. The second kappa shape index (κ2) is 7.80. The molecule has 1 aliphatic rings. The van der Waals surface area contributed by atoms with Crippen LogP contribution in [-0.2, 0) is 0 Å². The molecular weight excluding hydrogens is 410 g/mol. The van der Waals surface area contributed by atoms with Crippen LogP contribution in [0.2, 0.25) is 0 Å². The topological polar surface area (TPSA) is 91.1 Å². The normalized spacial score (nSPS) is 18.1. The highest BCUT2D eigenvalue weighted by Gasteiger charge is 2.39. The van der Waals surface area contributed by atoms with E-state index < -0.39 is 0 Å². The summed E-state index contributed by atoms with van der Waals surface area (Å²) in [6.07, 6.45) is 3.90. The van der Waals surface area contributed by atoms with E-state index in [1.165, 1.54) is 11.3 Å². The second-order valence-electron chi connectivity index (χ2n) is 9.55. The number of aromatic hydroxyl groups is 1. The average Bonchev–Trinajstić information content (AvgIpc) is 3.34. The van der Waals surface area contributed by atoms with Crippen LogP contribution in [0.5, 0.6) is 5.75 Å². The van der Waals surface area contributed by atoms with Crippen molar-refractivity contribution in [2.24, 2.45) is 0 Å². The van der Waals surface area contributed by atoms with Gasteiger partial charge in [0.25, 0.3) is 0 Å². The molecule has 0 bridgehead atoms. The molecule has 0 spiro atoms. The quantitative estimate of drug-likeness (QED) is 0.553. The number of hydrogen-bond acceptors (Lipinski definition) is 8. The van der Waals surface area contributed by atoms with E-state index in [2.05, 4.69) is 65.6 Å². The van der Waals surface area contributed by atoms with Gasteiger partial charge in [-0.15, -0.1) is 10.2 Å². The number of hydrogen-bond donors (Lipinski definition) is 3. The zero-order valence-corrected chi connectivity index (χ0v) is 19.8. The fraction of sp³-hybridized carbons (Fsp3) is 0.500. The van der Waals surface area contributed by atoms with Crippen LogP contribution in [-0.4, -0.2) is 56.3 Å². The van der Waals surface area contributed by atoms with Crippen LogP contribution >= 0.6 is 11.3 Å². The van der Waals surface area contributed by atoms with Gasteiger partial charge in [-0.1, -0.05) is 11.3 Å². The van der Waals surface area contributed by atoms with Gasteiger partial charge in [0.15, 0.2) is 5.01 Å². The smallest absolute Gasteiger partial charge is 0.208 e. The number of nitrogens with one attached hydrogen (secondary N) is 2. The number of phenolic OH excluding ortho intramolecular Hbond substituents is 1. The van der Waals surface area contributed by atoms with Crippen LogP contribution in [0.25, 0.3) is 16.3 Å². The number of anilines is 2. The highest BCUT2D eigenvalue weighted by atomic mass is 32.1. The van der Waals surface area contributed by atoms with E-state index in [-0.39, 0.29) is 16.8 Å². The van der Waals surface area contributed by atoms with Crippen molar-refractivity contribution in [3.63, 3.8) is 0 Å². The highest BCUT2D eigenvalue weighted by Crippen LogP contribution is 2.38. The zero-order valence-electron chi connectivity index (χ0n) is 19.0. The van der Waals surface area contributed by atoms with Gasteiger partial charge in [0.1, 0.15) is 11.6 Å².